The highest BCUT2D eigenvalue weighted by atomic mass is 16.2. The van der Waals surface area contributed by atoms with Gasteiger partial charge in [-0.3, -0.25) is 4.79 Å². The molecule has 0 radical (unpaired) electrons. The van der Waals surface area contributed by atoms with Gasteiger partial charge in [0.2, 0.25) is 5.91 Å². The molecule has 2 saturated heterocycles. The summed E-state index contributed by atoms with van der Waals surface area (Å²) in [5, 5.41) is 3.62. The predicted molar refractivity (Wildman–Crippen MR) is 81.5 cm³/mol. The van der Waals surface area contributed by atoms with Gasteiger partial charge in [0.1, 0.15) is 0 Å². The summed E-state index contributed by atoms with van der Waals surface area (Å²) in [5.74, 6) is 1.17. The van der Waals surface area contributed by atoms with Gasteiger partial charge in [-0.1, -0.05) is 11.6 Å². The van der Waals surface area contributed by atoms with Crippen LogP contribution in [-0.4, -0.2) is 36.5 Å². The van der Waals surface area contributed by atoms with Crippen molar-refractivity contribution >= 4 is 5.91 Å². The second kappa shape index (κ2) is 6.75. The van der Waals surface area contributed by atoms with Gasteiger partial charge in [0.05, 0.1) is 0 Å². The Hall–Kier alpha value is -0.830. The first kappa shape index (κ1) is 14.1. The van der Waals surface area contributed by atoms with Crippen LogP contribution in [0.25, 0.3) is 0 Å². The summed E-state index contributed by atoms with van der Waals surface area (Å²) in [5.41, 5.74) is 1.39. The molecule has 112 valence electrons. The van der Waals surface area contributed by atoms with Gasteiger partial charge in [-0.15, -0.1) is 0 Å². The first-order valence-corrected chi connectivity index (χ1v) is 8.52. The zero-order valence-electron chi connectivity index (χ0n) is 12.6. The minimum absolute atomic E-state index is 0.371. The molecule has 20 heavy (non-hydrogen) atoms. The monoisotopic (exact) mass is 276 g/mol. The van der Waals surface area contributed by atoms with Gasteiger partial charge in [0.25, 0.3) is 0 Å². The molecule has 0 bridgehead atoms. The molecule has 3 rings (SSSR count). The normalized spacial score (nSPS) is 28.5. The standard InChI is InChI=1S/C17H28N2O/c20-17(13-14-5-2-1-3-6-14)19-11-8-15(9-12-19)16-7-4-10-18-16/h5,15-16,18H,1-4,6-13H2. The molecule has 3 nitrogen and oxygen atoms in total. The van der Waals surface area contributed by atoms with Crippen LogP contribution in [0.15, 0.2) is 11.6 Å². The second-order valence-electron chi connectivity index (χ2n) is 6.71. The Morgan fingerprint density at radius 3 is 2.70 bits per heavy atom. The lowest BCUT2D eigenvalue weighted by Gasteiger charge is -2.35. The first-order valence-electron chi connectivity index (χ1n) is 8.52. The molecule has 1 amide bonds. The fourth-order valence-corrected chi connectivity index (χ4v) is 4.04. The van der Waals surface area contributed by atoms with E-state index in [2.05, 4.69) is 16.3 Å². The quantitative estimate of drug-likeness (QED) is 0.804. The first-order chi connectivity index (χ1) is 9.83. The van der Waals surface area contributed by atoms with Crippen LogP contribution in [0.5, 0.6) is 0 Å². The second-order valence-corrected chi connectivity index (χ2v) is 6.71. The molecule has 0 saturated carbocycles. The van der Waals surface area contributed by atoms with Crippen molar-refractivity contribution in [2.45, 2.75) is 63.8 Å². The highest BCUT2D eigenvalue weighted by Gasteiger charge is 2.29. The van der Waals surface area contributed by atoms with Crippen molar-refractivity contribution in [3.05, 3.63) is 11.6 Å². The van der Waals surface area contributed by atoms with Crippen LogP contribution in [0.2, 0.25) is 0 Å². The van der Waals surface area contributed by atoms with Gasteiger partial charge in [-0.05, 0) is 63.8 Å². The van der Waals surface area contributed by atoms with Gasteiger partial charge in [0, 0.05) is 25.6 Å². The molecule has 3 aliphatic rings. The molecule has 0 spiro atoms. The maximum atomic E-state index is 12.4. The van der Waals surface area contributed by atoms with E-state index < -0.39 is 0 Å². The number of allylic oxidation sites excluding steroid dienone is 1. The molecule has 0 aromatic heterocycles. The molecule has 0 aromatic rings. The summed E-state index contributed by atoms with van der Waals surface area (Å²) < 4.78 is 0. The molecular formula is C17H28N2O. The zero-order chi connectivity index (χ0) is 13.8. The van der Waals surface area contributed by atoms with Crippen LogP contribution in [0, 0.1) is 5.92 Å². The Balaban J connectivity index is 1.45. The number of hydrogen-bond donors (Lipinski definition) is 1. The van der Waals surface area contributed by atoms with Crippen LogP contribution in [-0.2, 0) is 4.79 Å². The number of amides is 1. The van der Waals surface area contributed by atoms with Crippen molar-refractivity contribution in [3.63, 3.8) is 0 Å². The lowest BCUT2D eigenvalue weighted by atomic mass is 9.88. The number of nitrogens with zero attached hydrogens (tertiary/aromatic N) is 1. The molecule has 1 atom stereocenters. The number of carbonyl (C=O) groups excluding carboxylic acids is 1. The number of nitrogens with one attached hydrogen (secondary N) is 1. The minimum Gasteiger partial charge on any atom is -0.342 e. The smallest absolute Gasteiger partial charge is 0.226 e. The summed E-state index contributed by atoms with van der Waals surface area (Å²) in [6.45, 7) is 3.15. The van der Waals surface area contributed by atoms with Crippen LogP contribution in [0.4, 0.5) is 0 Å². The van der Waals surface area contributed by atoms with Crippen molar-refractivity contribution in [1.29, 1.82) is 0 Å². The molecule has 2 aliphatic heterocycles. The van der Waals surface area contributed by atoms with Crippen molar-refractivity contribution < 1.29 is 4.79 Å². The Morgan fingerprint density at radius 2 is 2.05 bits per heavy atom. The van der Waals surface area contributed by atoms with Gasteiger partial charge < -0.3 is 10.2 Å². The van der Waals surface area contributed by atoms with E-state index in [1.165, 1.54) is 57.1 Å². The van der Waals surface area contributed by atoms with Gasteiger partial charge >= 0.3 is 0 Å². The van der Waals surface area contributed by atoms with Crippen LogP contribution < -0.4 is 5.32 Å². The van der Waals surface area contributed by atoms with E-state index >= 15 is 0 Å². The topological polar surface area (TPSA) is 32.3 Å². The van der Waals surface area contributed by atoms with E-state index in [9.17, 15) is 4.79 Å². The largest absolute Gasteiger partial charge is 0.342 e. The number of hydrogen-bond acceptors (Lipinski definition) is 2. The van der Waals surface area contributed by atoms with Crippen LogP contribution in [0.1, 0.15) is 57.8 Å². The SMILES string of the molecule is O=C(CC1=CCCCC1)N1CCC(C2CCCN2)CC1. The highest BCUT2D eigenvalue weighted by molar-refractivity contribution is 5.78. The number of carbonyl (C=O) groups is 1. The van der Waals surface area contributed by atoms with Crippen molar-refractivity contribution in [2.24, 2.45) is 5.92 Å². The summed E-state index contributed by atoms with van der Waals surface area (Å²) in [7, 11) is 0. The van der Waals surface area contributed by atoms with Gasteiger partial charge in [-0.2, -0.15) is 0 Å². The lowest BCUT2D eigenvalue weighted by Crippen LogP contribution is -2.43. The van der Waals surface area contributed by atoms with Crippen LogP contribution >= 0.6 is 0 Å². The van der Waals surface area contributed by atoms with Crippen LogP contribution in [0.3, 0.4) is 0 Å². The molecular weight excluding hydrogens is 248 g/mol. The van der Waals surface area contributed by atoms with Crippen molar-refractivity contribution in [3.8, 4) is 0 Å². The molecule has 1 N–H and O–H groups in total. The van der Waals surface area contributed by atoms with Gasteiger partial charge in [-0.25, -0.2) is 0 Å². The fraction of sp³-hybridized carbons (Fsp3) is 0.824. The Kier molecular flexibility index (Phi) is 4.77. The third kappa shape index (κ3) is 3.43. The third-order valence-electron chi connectivity index (χ3n) is 5.32. The summed E-state index contributed by atoms with van der Waals surface area (Å²) >= 11 is 0. The molecule has 0 aromatic carbocycles. The zero-order valence-corrected chi connectivity index (χ0v) is 12.6. The number of rotatable bonds is 3. The number of piperidine rings is 1. The summed E-state index contributed by atoms with van der Waals surface area (Å²) in [6, 6.07) is 0.730. The van der Waals surface area contributed by atoms with Crippen molar-refractivity contribution in [1.82, 2.24) is 10.2 Å². The fourth-order valence-electron chi connectivity index (χ4n) is 4.04. The maximum absolute atomic E-state index is 12.4. The lowest BCUT2D eigenvalue weighted by molar-refractivity contribution is -0.132. The van der Waals surface area contributed by atoms with E-state index in [0.717, 1.165) is 31.5 Å². The van der Waals surface area contributed by atoms with E-state index in [-0.39, 0.29) is 0 Å². The molecule has 2 heterocycles. The number of likely N-dealkylation sites (tertiary alicyclic amines) is 1. The summed E-state index contributed by atoms with van der Waals surface area (Å²) in [4.78, 5) is 14.5. The average Bonchev–Trinajstić information content (AvgIpc) is 3.03. The van der Waals surface area contributed by atoms with Crippen molar-refractivity contribution in [2.75, 3.05) is 19.6 Å². The predicted octanol–water partition coefficient (Wildman–Crippen LogP) is 2.87. The maximum Gasteiger partial charge on any atom is 0.226 e. The molecule has 1 aliphatic carbocycles. The Bertz CT molecular complexity index is 363. The molecule has 1 unspecified atom stereocenters. The third-order valence-corrected chi connectivity index (χ3v) is 5.32. The van der Waals surface area contributed by atoms with E-state index in [1.54, 1.807) is 0 Å². The minimum atomic E-state index is 0.371. The Morgan fingerprint density at radius 1 is 1.20 bits per heavy atom. The van der Waals surface area contributed by atoms with E-state index in [1.807, 2.05) is 0 Å². The van der Waals surface area contributed by atoms with E-state index in [4.69, 9.17) is 0 Å². The van der Waals surface area contributed by atoms with E-state index in [0.29, 0.717) is 12.3 Å². The Labute approximate surface area is 122 Å². The molecule has 2 fully saturated rings. The average molecular weight is 276 g/mol. The molecule has 3 heteroatoms. The highest BCUT2D eigenvalue weighted by Crippen LogP contribution is 2.27. The summed E-state index contributed by atoms with van der Waals surface area (Å²) in [6.07, 6.45) is 13.0. The van der Waals surface area contributed by atoms with Gasteiger partial charge in [0.15, 0.2) is 0 Å².